The third kappa shape index (κ3) is 3.60. The zero-order chi connectivity index (χ0) is 20.5. The van der Waals surface area contributed by atoms with Crippen LogP contribution >= 0.6 is 11.3 Å². The van der Waals surface area contributed by atoms with Crippen LogP contribution in [0, 0.1) is 5.92 Å². The van der Waals surface area contributed by atoms with Crippen molar-refractivity contribution in [3.8, 4) is 0 Å². The number of carbonyl (C=O) groups excluding carboxylic acids is 1. The number of hydrogen-bond donors (Lipinski definition) is 2. The van der Waals surface area contributed by atoms with Crippen molar-refractivity contribution in [3.05, 3.63) is 40.7 Å². The monoisotopic (exact) mass is 422 g/mol. The quantitative estimate of drug-likeness (QED) is 0.655. The van der Waals surface area contributed by atoms with Crippen LogP contribution in [0.15, 0.2) is 24.7 Å². The second kappa shape index (κ2) is 8.18. The molecular weight excluding hydrogens is 396 g/mol. The Bertz CT molecular complexity index is 1070. The van der Waals surface area contributed by atoms with Crippen LogP contribution in [0.25, 0.3) is 10.2 Å². The molecule has 1 aliphatic carbocycles. The van der Waals surface area contributed by atoms with Gasteiger partial charge in [-0.05, 0) is 50.2 Å². The molecule has 5 rings (SSSR count). The highest BCUT2D eigenvalue weighted by molar-refractivity contribution is 7.19. The zero-order valence-electron chi connectivity index (χ0n) is 16.9. The maximum Gasteiger partial charge on any atom is 0.220 e. The zero-order valence-corrected chi connectivity index (χ0v) is 17.7. The molecule has 1 saturated heterocycles. The van der Waals surface area contributed by atoms with Gasteiger partial charge in [0.25, 0.3) is 0 Å². The van der Waals surface area contributed by atoms with Crippen molar-refractivity contribution in [3.63, 3.8) is 0 Å². The summed E-state index contributed by atoms with van der Waals surface area (Å²) in [6.07, 6.45) is 9.83. The highest BCUT2D eigenvalue weighted by Gasteiger charge is 2.25. The Kier molecular flexibility index (Phi) is 5.25. The van der Waals surface area contributed by atoms with E-state index in [1.165, 1.54) is 28.7 Å². The van der Waals surface area contributed by atoms with Crippen LogP contribution in [-0.4, -0.2) is 33.9 Å². The van der Waals surface area contributed by atoms with Crippen molar-refractivity contribution in [2.24, 2.45) is 11.7 Å². The number of pyridine rings is 1. The van der Waals surface area contributed by atoms with Crippen LogP contribution in [0.4, 0.5) is 11.6 Å². The second-order valence-electron chi connectivity index (χ2n) is 8.12. The van der Waals surface area contributed by atoms with Crippen LogP contribution in [0.2, 0.25) is 0 Å². The molecule has 156 valence electrons. The number of thiophene rings is 1. The van der Waals surface area contributed by atoms with Crippen molar-refractivity contribution >= 4 is 39.1 Å². The molecule has 1 fully saturated rings. The molecule has 0 saturated carbocycles. The molecule has 1 amide bonds. The number of nitrogens with one attached hydrogen (secondary N) is 1. The van der Waals surface area contributed by atoms with Gasteiger partial charge in [-0.3, -0.25) is 4.79 Å². The molecule has 0 spiro atoms. The Balaban J connectivity index is 1.37. The van der Waals surface area contributed by atoms with Crippen LogP contribution in [-0.2, 0) is 24.2 Å². The Morgan fingerprint density at radius 1 is 1.20 bits per heavy atom. The maximum absolute atomic E-state index is 11.5. The third-order valence-electron chi connectivity index (χ3n) is 6.26. The molecule has 8 heteroatoms. The third-order valence-corrected chi connectivity index (χ3v) is 7.46. The molecule has 0 unspecified atom stereocenters. The SMILES string of the molecule is NC(=O)C1CCN(c2ncccc2CNc2ncnc3sc4c(c23)CCCC4)CC1. The summed E-state index contributed by atoms with van der Waals surface area (Å²) in [4.78, 5) is 30.0. The van der Waals surface area contributed by atoms with Gasteiger partial charge in [-0.25, -0.2) is 15.0 Å². The molecule has 2 aliphatic rings. The molecule has 1 aliphatic heterocycles. The number of anilines is 2. The summed E-state index contributed by atoms with van der Waals surface area (Å²) in [5.74, 6) is 1.68. The van der Waals surface area contributed by atoms with Crippen molar-refractivity contribution < 1.29 is 4.79 Å². The number of nitrogens with zero attached hydrogens (tertiary/aromatic N) is 4. The van der Waals surface area contributed by atoms with E-state index in [1.807, 2.05) is 23.6 Å². The summed E-state index contributed by atoms with van der Waals surface area (Å²) in [5.41, 5.74) is 8.05. The number of carbonyl (C=O) groups is 1. The molecule has 30 heavy (non-hydrogen) atoms. The van der Waals surface area contributed by atoms with Crippen LogP contribution < -0.4 is 16.0 Å². The topological polar surface area (TPSA) is 97.0 Å². The normalized spacial score (nSPS) is 17.1. The number of aryl methyl sites for hydroxylation is 2. The Labute approximate surface area is 179 Å². The summed E-state index contributed by atoms with van der Waals surface area (Å²) in [5, 5.41) is 4.76. The lowest BCUT2D eigenvalue weighted by Crippen LogP contribution is -2.39. The Morgan fingerprint density at radius 2 is 2.03 bits per heavy atom. The van der Waals surface area contributed by atoms with Crippen molar-refractivity contribution in [2.45, 2.75) is 45.1 Å². The van der Waals surface area contributed by atoms with E-state index >= 15 is 0 Å². The molecular formula is C22H26N6OS. The molecule has 4 heterocycles. The van der Waals surface area contributed by atoms with Crippen LogP contribution in [0.1, 0.15) is 41.7 Å². The fourth-order valence-corrected chi connectivity index (χ4v) is 5.86. The van der Waals surface area contributed by atoms with Gasteiger partial charge < -0.3 is 16.0 Å². The number of rotatable bonds is 5. The van der Waals surface area contributed by atoms with E-state index in [0.29, 0.717) is 6.54 Å². The molecule has 7 nitrogen and oxygen atoms in total. The second-order valence-corrected chi connectivity index (χ2v) is 9.20. The lowest BCUT2D eigenvalue weighted by molar-refractivity contribution is -0.122. The van der Waals surface area contributed by atoms with E-state index in [-0.39, 0.29) is 11.8 Å². The van der Waals surface area contributed by atoms with E-state index in [2.05, 4.69) is 31.2 Å². The molecule has 0 aromatic carbocycles. The summed E-state index contributed by atoms with van der Waals surface area (Å²) >= 11 is 1.81. The first-order valence-corrected chi connectivity index (χ1v) is 11.5. The summed E-state index contributed by atoms with van der Waals surface area (Å²) in [7, 11) is 0. The van der Waals surface area contributed by atoms with Gasteiger partial charge in [0.1, 0.15) is 22.8 Å². The Hall–Kier alpha value is -2.74. The molecule has 0 bridgehead atoms. The smallest absolute Gasteiger partial charge is 0.220 e. The van der Waals surface area contributed by atoms with Crippen LogP contribution in [0.3, 0.4) is 0 Å². The number of amides is 1. The van der Waals surface area contributed by atoms with E-state index in [4.69, 9.17) is 5.73 Å². The minimum Gasteiger partial charge on any atom is -0.369 e. The largest absolute Gasteiger partial charge is 0.369 e. The first-order valence-electron chi connectivity index (χ1n) is 10.7. The fraction of sp³-hybridized carbons (Fsp3) is 0.455. The first-order chi connectivity index (χ1) is 14.7. The van der Waals surface area contributed by atoms with Gasteiger partial charge in [0.2, 0.25) is 5.91 Å². The van der Waals surface area contributed by atoms with Crippen molar-refractivity contribution in [1.82, 2.24) is 15.0 Å². The van der Waals surface area contributed by atoms with Gasteiger partial charge in [-0.1, -0.05) is 6.07 Å². The highest BCUT2D eigenvalue weighted by Crippen LogP contribution is 2.38. The molecule has 3 aromatic rings. The lowest BCUT2D eigenvalue weighted by Gasteiger charge is -2.32. The number of nitrogens with two attached hydrogens (primary N) is 1. The Morgan fingerprint density at radius 3 is 2.87 bits per heavy atom. The number of primary amides is 1. The summed E-state index contributed by atoms with van der Waals surface area (Å²) in [6, 6.07) is 4.08. The maximum atomic E-state index is 11.5. The average Bonchev–Trinajstić information content (AvgIpc) is 3.17. The van der Waals surface area contributed by atoms with Gasteiger partial charge in [-0.2, -0.15) is 0 Å². The lowest BCUT2D eigenvalue weighted by atomic mass is 9.96. The average molecular weight is 423 g/mol. The van der Waals surface area contributed by atoms with Gasteiger partial charge in [0.15, 0.2) is 0 Å². The van der Waals surface area contributed by atoms with Gasteiger partial charge in [0, 0.05) is 42.2 Å². The first kappa shape index (κ1) is 19.2. The van der Waals surface area contributed by atoms with E-state index in [9.17, 15) is 4.79 Å². The molecule has 0 atom stereocenters. The summed E-state index contributed by atoms with van der Waals surface area (Å²) in [6.45, 7) is 2.25. The fourth-order valence-electron chi connectivity index (χ4n) is 4.63. The molecule has 0 radical (unpaired) electrons. The predicted molar refractivity (Wildman–Crippen MR) is 120 cm³/mol. The minimum absolute atomic E-state index is 0.0226. The van der Waals surface area contributed by atoms with E-state index in [0.717, 1.165) is 60.8 Å². The van der Waals surface area contributed by atoms with Crippen molar-refractivity contribution in [1.29, 1.82) is 0 Å². The predicted octanol–water partition coefficient (Wildman–Crippen LogP) is 3.28. The van der Waals surface area contributed by atoms with E-state index < -0.39 is 0 Å². The van der Waals surface area contributed by atoms with Gasteiger partial charge in [-0.15, -0.1) is 11.3 Å². The number of aromatic nitrogens is 3. The van der Waals surface area contributed by atoms with Crippen molar-refractivity contribution in [2.75, 3.05) is 23.3 Å². The summed E-state index contributed by atoms with van der Waals surface area (Å²) < 4.78 is 0. The van der Waals surface area contributed by atoms with Crippen LogP contribution in [0.5, 0.6) is 0 Å². The number of piperidine rings is 1. The van der Waals surface area contributed by atoms with Gasteiger partial charge >= 0.3 is 0 Å². The standard InChI is InChI=1S/C22H26N6OS/c23-19(29)14-7-10-28(11-8-14)21-15(4-3-9-24-21)12-25-20-18-16-5-1-2-6-17(16)30-22(18)27-13-26-20/h3-4,9,13-14H,1-2,5-8,10-12H2,(H2,23,29)(H,25,26,27). The molecule has 3 N–H and O–H groups in total. The number of fused-ring (bicyclic) bond motifs is 3. The molecule has 3 aromatic heterocycles. The van der Waals surface area contributed by atoms with E-state index in [1.54, 1.807) is 6.33 Å². The minimum atomic E-state index is -0.190. The van der Waals surface area contributed by atoms with Gasteiger partial charge in [0.05, 0.1) is 5.39 Å². The number of hydrogen-bond acceptors (Lipinski definition) is 7. The highest BCUT2D eigenvalue weighted by atomic mass is 32.1.